The van der Waals surface area contributed by atoms with Gasteiger partial charge in [0.1, 0.15) is 11.9 Å². The molecule has 2 atom stereocenters. The van der Waals surface area contributed by atoms with E-state index in [9.17, 15) is 18.9 Å². The molecule has 2 heterocycles. The zero-order valence-corrected chi connectivity index (χ0v) is 16.0. The summed E-state index contributed by atoms with van der Waals surface area (Å²) < 4.78 is 32.7. The van der Waals surface area contributed by atoms with Gasteiger partial charge in [0.25, 0.3) is 5.69 Å². The second-order valence-corrected chi connectivity index (χ2v) is 7.03. The van der Waals surface area contributed by atoms with Crippen LogP contribution in [-0.2, 0) is 4.74 Å². The van der Waals surface area contributed by atoms with Crippen LogP contribution in [-0.4, -0.2) is 27.5 Å². The Morgan fingerprint density at radius 2 is 1.97 bits per heavy atom. The number of nitro benzene ring substituents is 1. The van der Waals surface area contributed by atoms with E-state index in [1.165, 1.54) is 18.2 Å². The van der Waals surface area contributed by atoms with Crippen molar-refractivity contribution in [3.05, 3.63) is 81.5 Å². The zero-order valence-electron chi connectivity index (χ0n) is 16.0. The molecular formula is C21H18F2N4O3. The average molecular weight is 412 g/mol. The predicted molar refractivity (Wildman–Crippen MR) is 106 cm³/mol. The minimum absolute atomic E-state index is 0.0466. The Hall–Kier alpha value is -3.46. The number of nitrogens with one attached hydrogen (secondary N) is 1. The normalized spacial score (nSPS) is 18.4. The van der Waals surface area contributed by atoms with Gasteiger partial charge in [0.15, 0.2) is 17.5 Å². The molecule has 0 bridgehead atoms. The molecule has 2 unspecified atom stereocenters. The Labute approximate surface area is 170 Å². The van der Waals surface area contributed by atoms with Gasteiger partial charge in [-0.1, -0.05) is 18.2 Å². The first-order valence-corrected chi connectivity index (χ1v) is 9.34. The number of non-ortho nitro benzene ring substituents is 1. The number of nitrogens with zero attached hydrogens (tertiary/aromatic N) is 3. The van der Waals surface area contributed by atoms with E-state index < -0.39 is 22.7 Å². The fourth-order valence-corrected chi connectivity index (χ4v) is 3.48. The third-order valence-electron chi connectivity index (χ3n) is 4.87. The van der Waals surface area contributed by atoms with Crippen molar-refractivity contribution >= 4 is 11.5 Å². The van der Waals surface area contributed by atoms with Gasteiger partial charge in [-0.2, -0.15) is 0 Å². The monoisotopic (exact) mass is 412 g/mol. The summed E-state index contributed by atoms with van der Waals surface area (Å²) >= 11 is 0. The van der Waals surface area contributed by atoms with Crippen molar-refractivity contribution in [1.82, 2.24) is 9.97 Å². The molecule has 0 saturated carbocycles. The van der Waals surface area contributed by atoms with Crippen LogP contribution in [0.1, 0.15) is 23.8 Å². The van der Waals surface area contributed by atoms with E-state index in [0.29, 0.717) is 41.5 Å². The third-order valence-corrected chi connectivity index (χ3v) is 4.87. The van der Waals surface area contributed by atoms with E-state index in [1.54, 1.807) is 25.1 Å². The Morgan fingerprint density at radius 3 is 2.73 bits per heavy atom. The molecule has 9 heteroatoms. The van der Waals surface area contributed by atoms with E-state index >= 15 is 0 Å². The van der Waals surface area contributed by atoms with Gasteiger partial charge in [-0.25, -0.2) is 18.7 Å². The lowest BCUT2D eigenvalue weighted by Crippen LogP contribution is -2.24. The Balaban J connectivity index is 1.61. The number of rotatable bonds is 5. The molecule has 7 nitrogen and oxygen atoms in total. The lowest BCUT2D eigenvalue weighted by atomic mass is 10.0. The molecule has 1 aliphatic rings. The summed E-state index contributed by atoms with van der Waals surface area (Å²) in [6.07, 6.45) is 0.190. The summed E-state index contributed by atoms with van der Waals surface area (Å²) in [6, 6.07) is 11.4. The SMILES string of the molecule is Cc1cc(NC2CCOC2c2ccc(F)c(F)c2)nc(-c2cccc([N+](=O)[O-])c2)n1. The lowest BCUT2D eigenvalue weighted by molar-refractivity contribution is -0.384. The van der Waals surface area contributed by atoms with Crippen LogP contribution >= 0.6 is 0 Å². The van der Waals surface area contributed by atoms with Gasteiger partial charge in [-0.05, 0) is 31.0 Å². The Morgan fingerprint density at radius 1 is 1.13 bits per heavy atom. The first-order valence-electron chi connectivity index (χ1n) is 9.34. The number of hydrogen-bond acceptors (Lipinski definition) is 6. The highest BCUT2D eigenvalue weighted by Crippen LogP contribution is 2.32. The second kappa shape index (κ2) is 8.11. The maximum absolute atomic E-state index is 13.7. The number of benzene rings is 2. The van der Waals surface area contributed by atoms with E-state index in [0.717, 1.165) is 12.1 Å². The summed E-state index contributed by atoms with van der Waals surface area (Å²) in [5.74, 6) is -0.960. The van der Waals surface area contributed by atoms with Crippen LogP contribution in [0.3, 0.4) is 0 Å². The zero-order chi connectivity index (χ0) is 21.3. The number of nitro groups is 1. The molecule has 1 aliphatic heterocycles. The van der Waals surface area contributed by atoms with E-state index in [4.69, 9.17) is 4.74 Å². The van der Waals surface area contributed by atoms with Gasteiger partial charge >= 0.3 is 0 Å². The van der Waals surface area contributed by atoms with Gasteiger partial charge in [0, 0.05) is 36.1 Å². The molecule has 3 aromatic rings. The summed E-state index contributed by atoms with van der Waals surface area (Å²) in [4.78, 5) is 19.5. The summed E-state index contributed by atoms with van der Waals surface area (Å²) in [5.41, 5.74) is 1.69. The highest BCUT2D eigenvalue weighted by Gasteiger charge is 2.30. The molecule has 0 aliphatic carbocycles. The quantitative estimate of drug-likeness (QED) is 0.487. The highest BCUT2D eigenvalue weighted by molar-refractivity contribution is 5.61. The first-order chi connectivity index (χ1) is 14.4. The maximum atomic E-state index is 13.7. The number of hydrogen-bond donors (Lipinski definition) is 1. The molecule has 1 fully saturated rings. The molecule has 0 amide bonds. The van der Waals surface area contributed by atoms with Crippen molar-refractivity contribution in [3.8, 4) is 11.4 Å². The van der Waals surface area contributed by atoms with Crippen molar-refractivity contribution in [2.24, 2.45) is 0 Å². The van der Waals surface area contributed by atoms with E-state index in [-0.39, 0.29) is 11.7 Å². The van der Waals surface area contributed by atoms with Gasteiger partial charge in [-0.3, -0.25) is 10.1 Å². The van der Waals surface area contributed by atoms with Crippen molar-refractivity contribution < 1.29 is 18.4 Å². The Kier molecular flexibility index (Phi) is 5.37. The van der Waals surface area contributed by atoms with E-state index in [2.05, 4.69) is 15.3 Å². The Bertz CT molecular complexity index is 1110. The predicted octanol–water partition coefficient (Wildman–Crippen LogP) is 4.58. The van der Waals surface area contributed by atoms with Gasteiger partial charge in [-0.15, -0.1) is 0 Å². The number of aryl methyl sites for hydroxylation is 1. The van der Waals surface area contributed by atoms with Gasteiger partial charge in [0.2, 0.25) is 0 Å². The molecule has 2 aromatic carbocycles. The van der Waals surface area contributed by atoms with Crippen LogP contribution in [0, 0.1) is 28.7 Å². The van der Waals surface area contributed by atoms with Crippen LogP contribution in [0.25, 0.3) is 11.4 Å². The topological polar surface area (TPSA) is 90.2 Å². The number of anilines is 1. The summed E-state index contributed by atoms with van der Waals surface area (Å²) in [7, 11) is 0. The van der Waals surface area contributed by atoms with Crippen molar-refractivity contribution in [2.45, 2.75) is 25.5 Å². The van der Waals surface area contributed by atoms with Crippen molar-refractivity contribution in [2.75, 3.05) is 11.9 Å². The molecule has 0 radical (unpaired) electrons. The molecule has 0 spiro atoms. The average Bonchev–Trinajstić information content (AvgIpc) is 3.17. The maximum Gasteiger partial charge on any atom is 0.270 e. The molecule has 30 heavy (non-hydrogen) atoms. The minimum Gasteiger partial charge on any atom is -0.371 e. The lowest BCUT2D eigenvalue weighted by Gasteiger charge is -2.21. The van der Waals surface area contributed by atoms with Crippen molar-refractivity contribution in [1.29, 1.82) is 0 Å². The van der Waals surface area contributed by atoms with Gasteiger partial charge < -0.3 is 10.1 Å². The fraction of sp³-hybridized carbons (Fsp3) is 0.238. The molecule has 1 saturated heterocycles. The van der Waals surface area contributed by atoms with Crippen LogP contribution in [0.2, 0.25) is 0 Å². The molecule has 154 valence electrons. The van der Waals surface area contributed by atoms with Crippen LogP contribution in [0.5, 0.6) is 0 Å². The molecule has 1 N–H and O–H groups in total. The molecule has 1 aromatic heterocycles. The van der Waals surface area contributed by atoms with E-state index in [1.807, 2.05) is 0 Å². The number of ether oxygens (including phenoxy) is 1. The summed E-state index contributed by atoms with van der Waals surface area (Å²) in [5, 5.41) is 14.3. The van der Waals surface area contributed by atoms with Crippen molar-refractivity contribution in [3.63, 3.8) is 0 Å². The standard InChI is InChI=1S/C21H18F2N4O3/c1-12-9-19(26-21(24-12)14-3-2-4-15(10-14)27(28)29)25-18-7-8-30-20(18)13-5-6-16(22)17(23)11-13/h2-6,9-11,18,20H,7-8H2,1H3,(H,24,25,26). The van der Waals surface area contributed by atoms with Crippen LogP contribution < -0.4 is 5.32 Å². The second-order valence-electron chi connectivity index (χ2n) is 7.03. The summed E-state index contributed by atoms with van der Waals surface area (Å²) in [6.45, 7) is 2.26. The first kappa shape index (κ1) is 19.8. The number of halogens is 2. The largest absolute Gasteiger partial charge is 0.371 e. The molecular weight excluding hydrogens is 394 g/mol. The molecule has 4 rings (SSSR count). The smallest absolute Gasteiger partial charge is 0.270 e. The number of aromatic nitrogens is 2. The van der Waals surface area contributed by atoms with Crippen LogP contribution in [0.15, 0.2) is 48.5 Å². The highest BCUT2D eigenvalue weighted by atomic mass is 19.2. The minimum atomic E-state index is -0.924. The fourth-order valence-electron chi connectivity index (χ4n) is 3.48. The van der Waals surface area contributed by atoms with Crippen LogP contribution in [0.4, 0.5) is 20.3 Å². The third kappa shape index (κ3) is 4.11. The van der Waals surface area contributed by atoms with Gasteiger partial charge in [0.05, 0.1) is 11.0 Å².